The summed E-state index contributed by atoms with van der Waals surface area (Å²) >= 11 is 0. The Kier molecular flexibility index (Phi) is 6.86. The predicted molar refractivity (Wildman–Crippen MR) is 90.5 cm³/mol. The van der Waals surface area contributed by atoms with Gasteiger partial charge < -0.3 is 9.84 Å². The van der Waals surface area contributed by atoms with Crippen LogP contribution in [0.5, 0.6) is 0 Å². The zero-order valence-electron chi connectivity index (χ0n) is 14.8. The summed E-state index contributed by atoms with van der Waals surface area (Å²) in [6.45, 7) is 10.8. The lowest BCUT2D eigenvalue weighted by Gasteiger charge is -2.37. The molecule has 0 amide bonds. The molecule has 0 heterocycles. The predicted octanol–water partition coefficient (Wildman–Crippen LogP) is 4.41. The molecule has 1 N–H and O–H groups in total. The monoisotopic (exact) mass is 308 g/mol. The van der Waals surface area contributed by atoms with Crippen molar-refractivity contribution in [1.29, 1.82) is 0 Å². The average molecular weight is 308 g/mol. The van der Waals surface area contributed by atoms with Crippen molar-refractivity contribution in [3.63, 3.8) is 0 Å². The number of esters is 1. The Morgan fingerprint density at radius 3 is 2.82 bits per heavy atom. The first-order chi connectivity index (χ1) is 10.2. The number of carbonyl (C=O) groups excluding carboxylic acids is 1. The minimum absolute atomic E-state index is 0.00310. The van der Waals surface area contributed by atoms with Gasteiger partial charge in [0.05, 0.1) is 18.6 Å². The molecule has 0 spiro atoms. The number of aliphatic hydroxyl groups is 1. The minimum atomic E-state index is -1.16. The van der Waals surface area contributed by atoms with E-state index >= 15 is 0 Å². The molecule has 0 bridgehead atoms. The maximum absolute atomic E-state index is 11.7. The van der Waals surface area contributed by atoms with Crippen molar-refractivity contribution in [3.05, 3.63) is 23.8 Å². The van der Waals surface area contributed by atoms with Crippen LogP contribution in [0.25, 0.3) is 0 Å². The van der Waals surface area contributed by atoms with Crippen LogP contribution < -0.4 is 0 Å². The van der Waals surface area contributed by atoms with Crippen LogP contribution in [-0.4, -0.2) is 23.3 Å². The van der Waals surface area contributed by atoms with E-state index in [2.05, 4.69) is 39.8 Å². The van der Waals surface area contributed by atoms with Gasteiger partial charge in [0, 0.05) is 5.92 Å². The first-order valence-electron chi connectivity index (χ1n) is 8.42. The molecule has 1 rings (SSSR count). The zero-order valence-corrected chi connectivity index (χ0v) is 14.8. The summed E-state index contributed by atoms with van der Waals surface area (Å²) in [7, 11) is 0. The Morgan fingerprint density at radius 2 is 2.23 bits per heavy atom. The van der Waals surface area contributed by atoms with Crippen LogP contribution in [0.15, 0.2) is 23.8 Å². The molecule has 22 heavy (non-hydrogen) atoms. The molecule has 0 saturated carbocycles. The van der Waals surface area contributed by atoms with Crippen LogP contribution >= 0.6 is 0 Å². The van der Waals surface area contributed by atoms with E-state index in [-0.39, 0.29) is 17.8 Å². The van der Waals surface area contributed by atoms with Gasteiger partial charge in [-0.1, -0.05) is 51.0 Å². The molecule has 0 aromatic heterocycles. The number of hydrogen-bond acceptors (Lipinski definition) is 3. The molecule has 2 unspecified atom stereocenters. The van der Waals surface area contributed by atoms with Crippen molar-refractivity contribution in [3.8, 4) is 0 Å². The quantitative estimate of drug-likeness (QED) is 0.430. The molecule has 0 aromatic rings. The molecule has 0 aromatic carbocycles. The molecular weight excluding hydrogens is 276 g/mol. The van der Waals surface area contributed by atoms with E-state index in [1.807, 2.05) is 0 Å². The number of ether oxygens (including phenoxy) is 1. The fourth-order valence-electron chi connectivity index (χ4n) is 3.02. The zero-order chi connectivity index (χ0) is 16.8. The summed E-state index contributed by atoms with van der Waals surface area (Å²) in [5, 5.41) is 10.4. The second-order valence-corrected chi connectivity index (χ2v) is 7.42. The molecule has 2 atom stereocenters. The largest absolute Gasteiger partial charge is 0.466 e. The molecule has 3 nitrogen and oxygen atoms in total. The van der Waals surface area contributed by atoms with Gasteiger partial charge in [-0.05, 0) is 38.5 Å². The fraction of sp³-hybridized carbons (Fsp3) is 0.737. The Hall–Kier alpha value is -1.09. The second kappa shape index (κ2) is 7.96. The molecule has 0 saturated heterocycles. The Morgan fingerprint density at radius 1 is 1.55 bits per heavy atom. The SMILES string of the molecule is CCCCOC(=O)CC(C)(O)/C=C/C1C(C)=CCCC1(C)C. The van der Waals surface area contributed by atoms with Gasteiger partial charge in [0.15, 0.2) is 0 Å². The number of carbonyl (C=O) groups is 1. The first kappa shape index (κ1) is 19.0. The molecular formula is C19H32O3. The van der Waals surface area contributed by atoms with Gasteiger partial charge in [-0.15, -0.1) is 0 Å². The smallest absolute Gasteiger partial charge is 0.309 e. The highest BCUT2D eigenvalue weighted by molar-refractivity contribution is 5.71. The number of allylic oxidation sites excluding steroid dienone is 3. The number of hydrogen-bond donors (Lipinski definition) is 1. The highest BCUT2D eigenvalue weighted by Crippen LogP contribution is 2.41. The summed E-state index contributed by atoms with van der Waals surface area (Å²) in [4.78, 5) is 11.7. The van der Waals surface area contributed by atoms with Crippen molar-refractivity contribution in [2.24, 2.45) is 11.3 Å². The summed E-state index contributed by atoms with van der Waals surface area (Å²) < 4.78 is 5.13. The van der Waals surface area contributed by atoms with Crippen LogP contribution in [0.1, 0.15) is 66.7 Å². The van der Waals surface area contributed by atoms with Crippen molar-refractivity contribution in [2.75, 3.05) is 6.61 Å². The first-order valence-corrected chi connectivity index (χ1v) is 8.42. The summed E-state index contributed by atoms with van der Waals surface area (Å²) in [6, 6.07) is 0. The maximum atomic E-state index is 11.7. The topological polar surface area (TPSA) is 46.5 Å². The Labute approximate surface area is 135 Å². The normalized spacial score (nSPS) is 23.9. The molecule has 0 radical (unpaired) electrons. The van der Waals surface area contributed by atoms with Gasteiger partial charge in [0.1, 0.15) is 0 Å². The third-order valence-electron chi connectivity index (χ3n) is 4.50. The number of rotatable bonds is 7. The summed E-state index contributed by atoms with van der Waals surface area (Å²) in [5.74, 6) is -0.0258. The third kappa shape index (κ3) is 5.96. The molecule has 0 fully saturated rings. The van der Waals surface area contributed by atoms with E-state index in [4.69, 9.17) is 4.74 Å². The fourth-order valence-corrected chi connectivity index (χ4v) is 3.02. The van der Waals surface area contributed by atoms with Gasteiger partial charge in [0.25, 0.3) is 0 Å². The van der Waals surface area contributed by atoms with Crippen molar-refractivity contribution in [2.45, 2.75) is 72.3 Å². The average Bonchev–Trinajstić information content (AvgIpc) is 2.36. The van der Waals surface area contributed by atoms with Gasteiger partial charge >= 0.3 is 5.97 Å². The minimum Gasteiger partial charge on any atom is -0.466 e. The van der Waals surface area contributed by atoms with E-state index < -0.39 is 5.60 Å². The van der Waals surface area contributed by atoms with E-state index in [9.17, 15) is 9.90 Å². The van der Waals surface area contributed by atoms with Crippen molar-refractivity contribution < 1.29 is 14.6 Å². The maximum Gasteiger partial charge on any atom is 0.309 e. The lowest BCUT2D eigenvalue weighted by atomic mass is 9.68. The Balaban J connectivity index is 2.64. The van der Waals surface area contributed by atoms with Crippen LogP contribution in [0, 0.1) is 11.3 Å². The van der Waals surface area contributed by atoms with Gasteiger partial charge in [0.2, 0.25) is 0 Å². The molecule has 3 heteroatoms. The lowest BCUT2D eigenvalue weighted by Crippen LogP contribution is -2.29. The Bertz CT molecular complexity index is 430. The van der Waals surface area contributed by atoms with E-state index in [0.717, 1.165) is 25.7 Å². The van der Waals surface area contributed by atoms with Crippen LogP contribution in [-0.2, 0) is 9.53 Å². The van der Waals surface area contributed by atoms with Gasteiger partial charge in [-0.3, -0.25) is 4.79 Å². The molecule has 1 aliphatic carbocycles. The van der Waals surface area contributed by atoms with Crippen LogP contribution in [0.2, 0.25) is 0 Å². The molecule has 126 valence electrons. The van der Waals surface area contributed by atoms with E-state index in [0.29, 0.717) is 12.5 Å². The van der Waals surface area contributed by atoms with E-state index in [1.165, 1.54) is 5.57 Å². The van der Waals surface area contributed by atoms with Gasteiger partial charge in [-0.2, -0.15) is 0 Å². The highest BCUT2D eigenvalue weighted by atomic mass is 16.5. The van der Waals surface area contributed by atoms with E-state index in [1.54, 1.807) is 13.0 Å². The third-order valence-corrected chi connectivity index (χ3v) is 4.50. The summed E-state index contributed by atoms with van der Waals surface area (Å²) in [5.41, 5.74) is 0.373. The van der Waals surface area contributed by atoms with Gasteiger partial charge in [-0.25, -0.2) is 0 Å². The second-order valence-electron chi connectivity index (χ2n) is 7.42. The van der Waals surface area contributed by atoms with Crippen molar-refractivity contribution >= 4 is 5.97 Å². The van der Waals surface area contributed by atoms with Crippen LogP contribution in [0.3, 0.4) is 0 Å². The number of unbranched alkanes of at least 4 members (excludes halogenated alkanes) is 1. The molecule has 1 aliphatic rings. The highest BCUT2D eigenvalue weighted by Gasteiger charge is 2.32. The lowest BCUT2D eigenvalue weighted by molar-refractivity contribution is -0.147. The standard InChI is InChI=1S/C19H32O3/c1-6-7-13-22-17(20)14-19(5,21)12-10-16-15(2)9-8-11-18(16,3)4/h9-10,12,16,21H,6-8,11,13-14H2,1-5H3/b12-10+. The summed E-state index contributed by atoms with van der Waals surface area (Å²) in [6.07, 6.45) is 10.2. The van der Waals surface area contributed by atoms with Crippen molar-refractivity contribution in [1.82, 2.24) is 0 Å². The van der Waals surface area contributed by atoms with Crippen LogP contribution in [0.4, 0.5) is 0 Å². The molecule has 0 aliphatic heterocycles.